The normalized spacial score (nSPS) is 24.6. The van der Waals surface area contributed by atoms with Crippen LogP contribution in [0.4, 0.5) is 5.95 Å². The molecule has 0 aliphatic carbocycles. The Kier molecular flexibility index (Phi) is 7.02. The highest BCUT2D eigenvalue weighted by Crippen LogP contribution is 2.29. The summed E-state index contributed by atoms with van der Waals surface area (Å²) in [6, 6.07) is 0. The smallest absolute Gasteiger partial charge is 0.335 e. The number of aromatic nitrogens is 5. The Morgan fingerprint density at radius 1 is 1.23 bits per heavy atom. The SMILES string of the molecule is COc1c(CO[C@@H]2O[C@H](C(=O)O)[C@@H](O)[C@H](O)[C@H]2O)cnc(Cn2cnc3c(Cl)nc(N)nc32)c1C. The Morgan fingerprint density at radius 3 is 2.66 bits per heavy atom. The Bertz CT molecular complexity index is 1260. The maximum absolute atomic E-state index is 11.3. The van der Waals surface area contributed by atoms with E-state index >= 15 is 0 Å². The topological polar surface area (TPSA) is 208 Å². The number of hydrogen-bond donors (Lipinski definition) is 5. The number of pyridine rings is 1. The van der Waals surface area contributed by atoms with E-state index in [-0.39, 0.29) is 24.3 Å². The van der Waals surface area contributed by atoms with Crippen molar-refractivity contribution in [3.05, 3.63) is 34.5 Å². The number of fused-ring (bicyclic) bond motifs is 1. The van der Waals surface area contributed by atoms with Gasteiger partial charge in [0, 0.05) is 17.3 Å². The van der Waals surface area contributed by atoms with Crippen molar-refractivity contribution in [2.75, 3.05) is 12.8 Å². The quantitative estimate of drug-likeness (QED) is 0.247. The Morgan fingerprint density at radius 2 is 1.97 bits per heavy atom. The van der Waals surface area contributed by atoms with E-state index in [1.807, 2.05) is 0 Å². The number of aliphatic carboxylic acids is 1. The number of aliphatic hydroxyl groups is 3. The third kappa shape index (κ3) is 4.71. The van der Waals surface area contributed by atoms with E-state index in [4.69, 9.17) is 31.5 Å². The van der Waals surface area contributed by atoms with Crippen molar-refractivity contribution >= 4 is 34.7 Å². The van der Waals surface area contributed by atoms with Crippen LogP contribution in [0.3, 0.4) is 0 Å². The molecule has 0 spiro atoms. The first-order valence-electron chi connectivity index (χ1n) is 10.3. The third-order valence-electron chi connectivity index (χ3n) is 5.62. The number of carbonyl (C=O) groups is 1. The number of carboxylic acid groups (broad SMARTS) is 1. The molecule has 0 saturated carbocycles. The molecule has 3 aromatic heterocycles. The number of anilines is 1. The van der Waals surface area contributed by atoms with Gasteiger partial charge in [-0.3, -0.25) is 4.98 Å². The first-order chi connectivity index (χ1) is 16.6. The van der Waals surface area contributed by atoms with E-state index < -0.39 is 36.7 Å². The van der Waals surface area contributed by atoms with Crippen LogP contribution in [-0.2, 0) is 27.4 Å². The first kappa shape index (κ1) is 25.0. The number of aliphatic hydroxyl groups excluding tert-OH is 3. The molecule has 15 heteroatoms. The molecule has 1 saturated heterocycles. The fourth-order valence-corrected chi connectivity index (χ4v) is 4.01. The number of nitrogens with zero attached hydrogens (tertiary/aromatic N) is 5. The standard InChI is InChI=1S/C20H23ClN6O8/c1-7-9(4-27-6-24-10-16(21)25-20(22)26-17(10)27)23-3-8(14(7)33-2)5-34-19-13(30)11(28)12(29)15(35-19)18(31)32/h3,6,11-13,15,19,28-30H,4-5H2,1-2H3,(H,31,32)(H2,22,25,26)/t11-,12-,13+,15-,19+/m0/s1. The number of halogens is 1. The second kappa shape index (κ2) is 9.85. The molecule has 4 rings (SSSR count). The highest BCUT2D eigenvalue weighted by atomic mass is 35.5. The van der Waals surface area contributed by atoms with E-state index in [0.29, 0.717) is 33.7 Å². The monoisotopic (exact) mass is 510 g/mol. The summed E-state index contributed by atoms with van der Waals surface area (Å²) in [5.74, 6) is -1.06. The molecule has 0 unspecified atom stereocenters. The van der Waals surface area contributed by atoms with E-state index in [1.54, 1.807) is 11.5 Å². The van der Waals surface area contributed by atoms with Gasteiger partial charge in [-0.2, -0.15) is 9.97 Å². The maximum Gasteiger partial charge on any atom is 0.335 e. The predicted octanol–water partition coefficient (Wildman–Crippen LogP) is -0.769. The van der Waals surface area contributed by atoms with Gasteiger partial charge in [-0.15, -0.1) is 0 Å². The molecular formula is C20H23ClN6O8. The van der Waals surface area contributed by atoms with Gasteiger partial charge in [-0.05, 0) is 6.92 Å². The largest absolute Gasteiger partial charge is 0.496 e. The molecule has 0 bridgehead atoms. The van der Waals surface area contributed by atoms with E-state index in [9.17, 15) is 25.2 Å². The molecule has 1 fully saturated rings. The predicted molar refractivity (Wildman–Crippen MR) is 118 cm³/mol. The average molecular weight is 511 g/mol. The van der Waals surface area contributed by atoms with Crippen LogP contribution in [0.1, 0.15) is 16.8 Å². The molecule has 4 heterocycles. The number of ether oxygens (including phenoxy) is 3. The second-order valence-electron chi connectivity index (χ2n) is 7.85. The summed E-state index contributed by atoms with van der Waals surface area (Å²) in [4.78, 5) is 28.0. The zero-order valence-corrected chi connectivity index (χ0v) is 19.3. The molecule has 1 aliphatic heterocycles. The fraction of sp³-hybridized carbons (Fsp3) is 0.450. The molecule has 14 nitrogen and oxygen atoms in total. The lowest BCUT2D eigenvalue weighted by Gasteiger charge is -2.38. The molecule has 0 amide bonds. The zero-order chi connectivity index (χ0) is 25.4. The van der Waals surface area contributed by atoms with Gasteiger partial charge in [-0.1, -0.05) is 11.6 Å². The Balaban J connectivity index is 1.54. The van der Waals surface area contributed by atoms with Crippen molar-refractivity contribution in [2.24, 2.45) is 0 Å². The number of carboxylic acids is 1. The Hall–Kier alpha value is -3.14. The number of nitrogens with two attached hydrogens (primary N) is 1. The van der Waals surface area contributed by atoms with Crippen LogP contribution in [0.5, 0.6) is 5.75 Å². The number of methoxy groups -OCH3 is 1. The molecular weight excluding hydrogens is 488 g/mol. The average Bonchev–Trinajstić information content (AvgIpc) is 3.21. The number of imidazole rings is 1. The van der Waals surface area contributed by atoms with Crippen molar-refractivity contribution in [3.8, 4) is 5.75 Å². The van der Waals surface area contributed by atoms with Gasteiger partial charge in [0.1, 0.15) is 29.6 Å². The molecule has 3 aromatic rings. The van der Waals surface area contributed by atoms with Crippen molar-refractivity contribution in [2.45, 2.75) is 50.8 Å². The molecule has 5 atom stereocenters. The van der Waals surface area contributed by atoms with E-state index in [2.05, 4.69) is 19.9 Å². The summed E-state index contributed by atoms with van der Waals surface area (Å²) in [7, 11) is 1.46. The van der Waals surface area contributed by atoms with Gasteiger partial charge in [0.05, 0.1) is 32.3 Å². The van der Waals surface area contributed by atoms with Crippen LogP contribution < -0.4 is 10.5 Å². The van der Waals surface area contributed by atoms with Crippen LogP contribution in [0.15, 0.2) is 12.5 Å². The lowest BCUT2D eigenvalue weighted by Crippen LogP contribution is -2.60. The lowest BCUT2D eigenvalue weighted by molar-refractivity contribution is -0.297. The van der Waals surface area contributed by atoms with Gasteiger partial charge in [0.15, 0.2) is 23.2 Å². The Labute approximate surface area is 202 Å². The number of nitrogen functional groups attached to an aromatic ring is 1. The van der Waals surface area contributed by atoms with Crippen molar-refractivity contribution in [3.63, 3.8) is 0 Å². The van der Waals surface area contributed by atoms with Gasteiger partial charge < -0.3 is 44.9 Å². The molecule has 0 aromatic carbocycles. The summed E-state index contributed by atoms with van der Waals surface area (Å²) < 4.78 is 17.9. The highest BCUT2D eigenvalue weighted by molar-refractivity contribution is 6.33. The summed E-state index contributed by atoms with van der Waals surface area (Å²) in [6.45, 7) is 1.86. The van der Waals surface area contributed by atoms with Crippen molar-refractivity contribution in [1.82, 2.24) is 24.5 Å². The molecule has 1 aliphatic rings. The second-order valence-corrected chi connectivity index (χ2v) is 8.21. The van der Waals surface area contributed by atoms with Crippen molar-refractivity contribution in [1.29, 1.82) is 0 Å². The van der Waals surface area contributed by atoms with Crippen LogP contribution in [0.25, 0.3) is 11.2 Å². The third-order valence-corrected chi connectivity index (χ3v) is 5.88. The first-order valence-corrected chi connectivity index (χ1v) is 10.7. The number of rotatable bonds is 7. The summed E-state index contributed by atoms with van der Waals surface area (Å²) >= 11 is 6.08. The van der Waals surface area contributed by atoms with Crippen molar-refractivity contribution < 1.29 is 39.4 Å². The van der Waals surface area contributed by atoms with Gasteiger partial charge >= 0.3 is 5.97 Å². The van der Waals surface area contributed by atoms with Gasteiger partial charge in [0.25, 0.3) is 0 Å². The van der Waals surface area contributed by atoms with Gasteiger partial charge in [-0.25, -0.2) is 9.78 Å². The fourth-order valence-electron chi connectivity index (χ4n) is 3.79. The molecule has 35 heavy (non-hydrogen) atoms. The number of hydrogen-bond acceptors (Lipinski definition) is 12. The maximum atomic E-state index is 11.3. The van der Waals surface area contributed by atoms with Crippen LogP contribution in [0, 0.1) is 6.92 Å². The molecule has 6 N–H and O–H groups in total. The van der Waals surface area contributed by atoms with Crippen LogP contribution in [0.2, 0.25) is 5.15 Å². The lowest BCUT2D eigenvalue weighted by atomic mass is 9.99. The minimum Gasteiger partial charge on any atom is -0.496 e. The minimum atomic E-state index is -1.81. The highest BCUT2D eigenvalue weighted by Gasteiger charge is 2.47. The van der Waals surface area contributed by atoms with E-state index in [0.717, 1.165) is 0 Å². The van der Waals surface area contributed by atoms with Crippen LogP contribution >= 0.6 is 11.6 Å². The summed E-state index contributed by atoms with van der Waals surface area (Å²) in [5.41, 5.74) is 8.30. The summed E-state index contributed by atoms with van der Waals surface area (Å²) in [6.07, 6.45) is -5.49. The zero-order valence-electron chi connectivity index (χ0n) is 18.6. The molecule has 188 valence electrons. The minimum absolute atomic E-state index is 0.00824. The molecule has 0 radical (unpaired) electrons. The van der Waals surface area contributed by atoms with Gasteiger partial charge in [0.2, 0.25) is 5.95 Å². The van der Waals surface area contributed by atoms with Crippen LogP contribution in [-0.4, -0.2) is 88.7 Å². The van der Waals surface area contributed by atoms with E-state index in [1.165, 1.54) is 19.6 Å². The summed E-state index contributed by atoms with van der Waals surface area (Å²) in [5, 5.41) is 39.2.